The molecule has 0 aromatic heterocycles. The Kier molecular flexibility index (Phi) is 5.38. The largest absolute Gasteiger partial charge is 0.394 e. The summed E-state index contributed by atoms with van der Waals surface area (Å²) in [6.07, 6.45) is 9.65. The summed E-state index contributed by atoms with van der Waals surface area (Å²) in [7, 11) is 0. The van der Waals surface area contributed by atoms with Crippen LogP contribution in [0.15, 0.2) is 12.1 Å². The Balaban J connectivity index is 1.90. The van der Waals surface area contributed by atoms with Crippen LogP contribution in [0, 0.1) is 17.6 Å². The van der Waals surface area contributed by atoms with E-state index in [4.69, 9.17) is 5.73 Å². The van der Waals surface area contributed by atoms with Crippen LogP contribution >= 0.6 is 0 Å². The fourth-order valence-electron chi connectivity index (χ4n) is 3.31. The normalized spacial score (nSPS) is 22.9. The van der Waals surface area contributed by atoms with E-state index in [-0.39, 0.29) is 5.69 Å². The molecule has 0 spiro atoms. The molecule has 3 heteroatoms. The highest BCUT2D eigenvalue weighted by atomic mass is 19.1. The van der Waals surface area contributed by atoms with Crippen molar-refractivity contribution in [2.75, 3.05) is 5.73 Å². The van der Waals surface area contributed by atoms with E-state index in [1.165, 1.54) is 50.7 Å². The first-order valence-electron chi connectivity index (χ1n) is 7.86. The monoisotopic (exact) mass is 281 g/mol. The number of unbranched alkanes of at least 4 members (excludes halogenated alkanes) is 2. The molecule has 0 saturated heterocycles. The lowest BCUT2D eigenvalue weighted by Gasteiger charge is -2.29. The highest BCUT2D eigenvalue weighted by Gasteiger charge is 2.23. The number of anilines is 1. The van der Waals surface area contributed by atoms with Gasteiger partial charge in [0.25, 0.3) is 0 Å². The lowest BCUT2D eigenvalue weighted by molar-refractivity contribution is 0.302. The smallest absolute Gasteiger partial charge is 0.149 e. The maximum atomic E-state index is 13.5. The van der Waals surface area contributed by atoms with Gasteiger partial charge >= 0.3 is 0 Å². The lowest BCUT2D eigenvalue weighted by atomic mass is 9.77. The predicted molar refractivity (Wildman–Crippen MR) is 79.6 cm³/mol. The van der Waals surface area contributed by atoms with E-state index in [0.717, 1.165) is 24.3 Å². The Labute approximate surface area is 120 Å². The summed E-state index contributed by atoms with van der Waals surface area (Å²) in [5, 5.41) is 0. The van der Waals surface area contributed by atoms with Crippen molar-refractivity contribution in [2.45, 2.75) is 64.2 Å². The summed E-state index contributed by atoms with van der Waals surface area (Å²) in [6, 6.07) is 2.83. The van der Waals surface area contributed by atoms with Gasteiger partial charge in [0.1, 0.15) is 17.3 Å². The van der Waals surface area contributed by atoms with Crippen molar-refractivity contribution in [3.05, 3.63) is 29.3 Å². The molecule has 2 rings (SSSR count). The Morgan fingerprint density at radius 3 is 2.20 bits per heavy atom. The van der Waals surface area contributed by atoms with Crippen molar-refractivity contribution in [1.82, 2.24) is 0 Å². The van der Waals surface area contributed by atoms with E-state index >= 15 is 0 Å². The van der Waals surface area contributed by atoms with Gasteiger partial charge in [0, 0.05) is 0 Å². The van der Waals surface area contributed by atoms with Gasteiger partial charge in [0.15, 0.2) is 0 Å². The second kappa shape index (κ2) is 7.05. The molecule has 0 heterocycles. The maximum Gasteiger partial charge on any atom is 0.149 e. The number of halogens is 2. The molecule has 112 valence electrons. The SMILES string of the molecule is CCCCCC1CCC(c2cc(F)c(N)c(F)c2)CC1. The molecule has 2 N–H and O–H groups in total. The zero-order valence-electron chi connectivity index (χ0n) is 12.3. The van der Waals surface area contributed by atoms with Crippen LogP contribution in [0.3, 0.4) is 0 Å². The molecular formula is C17H25F2N. The topological polar surface area (TPSA) is 26.0 Å². The molecule has 20 heavy (non-hydrogen) atoms. The number of hydrogen-bond acceptors (Lipinski definition) is 1. The quantitative estimate of drug-likeness (QED) is 0.567. The molecule has 1 aromatic rings. The molecule has 0 unspecified atom stereocenters. The van der Waals surface area contributed by atoms with Gasteiger partial charge < -0.3 is 5.73 Å². The van der Waals surface area contributed by atoms with Gasteiger partial charge in [-0.2, -0.15) is 0 Å². The Bertz CT molecular complexity index is 414. The molecule has 1 aliphatic carbocycles. The third-order valence-corrected chi connectivity index (χ3v) is 4.64. The first kappa shape index (κ1) is 15.3. The number of hydrogen-bond donors (Lipinski definition) is 1. The Hall–Kier alpha value is -1.12. The van der Waals surface area contributed by atoms with Crippen molar-refractivity contribution >= 4 is 5.69 Å². The van der Waals surface area contributed by atoms with Crippen LogP contribution < -0.4 is 5.73 Å². The molecule has 1 saturated carbocycles. The van der Waals surface area contributed by atoms with E-state index < -0.39 is 11.6 Å². The summed E-state index contributed by atoms with van der Waals surface area (Å²) < 4.78 is 27.0. The van der Waals surface area contributed by atoms with E-state index in [1.54, 1.807) is 0 Å². The standard InChI is InChI=1S/C17H25F2N/c1-2-3-4-5-12-6-8-13(9-7-12)14-10-15(18)17(20)16(19)11-14/h10-13H,2-9,20H2,1H3. The molecule has 0 radical (unpaired) electrons. The van der Waals surface area contributed by atoms with Gasteiger partial charge in [0.05, 0.1) is 0 Å². The fourth-order valence-corrected chi connectivity index (χ4v) is 3.31. The van der Waals surface area contributed by atoms with Gasteiger partial charge in [-0.25, -0.2) is 8.78 Å². The summed E-state index contributed by atoms with van der Waals surface area (Å²) in [5.41, 5.74) is 5.74. The maximum absolute atomic E-state index is 13.5. The van der Waals surface area contributed by atoms with Crippen molar-refractivity contribution in [1.29, 1.82) is 0 Å². The van der Waals surface area contributed by atoms with Crippen LogP contribution in [0.4, 0.5) is 14.5 Å². The van der Waals surface area contributed by atoms with Crippen LogP contribution in [0.2, 0.25) is 0 Å². The number of nitrogens with two attached hydrogens (primary N) is 1. The molecule has 0 aliphatic heterocycles. The molecule has 0 bridgehead atoms. The number of nitrogen functional groups attached to an aromatic ring is 1. The molecular weight excluding hydrogens is 256 g/mol. The van der Waals surface area contributed by atoms with Crippen molar-refractivity contribution in [3.8, 4) is 0 Å². The van der Waals surface area contributed by atoms with Gasteiger partial charge in [-0.3, -0.25) is 0 Å². The zero-order valence-corrected chi connectivity index (χ0v) is 12.3. The minimum Gasteiger partial charge on any atom is -0.394 e. The summed E-state index contributed by atoms with van der Waals surface area (Å²) in [6.45, 7) is 2.22. The van der Waals surface area contributed by atoms with Gasteiger partial charge in [-0.05, 0) is 55.2 Å². The Morgan fingerprint density at radius 1 is 1.05 bits per heavy atom. The second-order valence-electron chi connectivity index (χ2n) is 6.11. The zero-order chi connectivity index (χ0) is 14.5. The molecule has 0 amide bonds. The average Bonchev–Trinajstić information content (AvgIpc) is 2.45. The van der Waals surface area contributed by atoms with Gasteiger partial charge in [-0.1, -0.05) is 32.6 Å². The van der Waals surface area contributed by atoms with E-state index in [9.17, 15) is 8.78 Å². The molecule has 1 nitrogen and oxygen atoms in total. The fraction of sp³-hybridized carbons (Fsp3) is 0.647. The van der Waals surface area contributed by atoms with Crippen molar-refractivity contribution in [2.24, 2.45) is 5.92 Å². The number of rotatable bonds is 5. The highest BCUT2D eigenvalue weighted by molar-refractivity contribution is 5.44. The highest BCUT2D eigenvalue weighted by Crippen LogP contribution is 2.38. The second-order valence-corrected chi connectivity index (χ2v) is 6.11. The Morgan fingerprint density at radius 2 is 1.65 bits per heavy atom. The summed E-state index contributed by atoms with van der Waals surface area (Å²) in [4.78, 5) is 0. The third-order valence-electron chi connectivity index (χ3n) is 4.64. The number of benzene rings is 1. The average molecular weight is 281 g/mol. The van der Waals surface area contributed by atoms with E-state index in [2.05, 4.69) is 6.92 Å². The van der Waals surface area contributed by atoms with E-state index in [1.807, 2.05) is 0 Å². The molecule has 0 atom stereocenters. The van der Waals surface area contributed by atoms with Crippen LogP contribution in [-0.2, 0) is 0 Å². The first-order chi connectivity index (χ1) is 9.61. The molecule has 1 aromatic carbocycles. The van der Waals surface area contributed by atoms with Gasteiger partial charge in [-0.15, -0.1) is 0 Å². The van der Waals surface area contributed by atoms with Crippen LogP contribution in [0.1, 0.15) is 69.8 Å². The predicted octanol–water partition coefficient (Wildman–Crippen LogP) is 5.40. The van der Waals surface area contributed by atoms with Crippen LogP contribution in [0.25, 0.3) is 0 Å². The third kappa shape index (κ3) is 3.71. The molecule has 1 fully saturated rings. The van der Waals surface area contributed by atoms with Crippen LogP contribution in [0.5, 0.6) is 0 Å². The van der Waals surface area contributed by atoms with Crippen LogP contribution in [-0.4, -0.2) is 0 Å². The minimum absolute atomic E-state index is 0.294. The van der Waals surface area contributed by atoms with Crippen molar-refractivity contribution < 1.29 is 8.78 Å². The van der Waals surface area contributed by atoms with Crippen molar-refractivity contribution in [3.63, 3.8) is 0 Å². The van der Waals surface area contributed by atoms with E-state index in [0.29, 0.717) is 5.92 Å². The minimum atomic E-state index is -0.620. The lowest BCUT2D eigenvalue weighted by Crippen LogP contribution is -2.14. The molecule has 1 aliphatic rings. The summed E-state index contributed by atoms with van der Waals surface area (Å²) in [5.74, 6) is -0.140. The summed E-state index contributed by atoms with van der Waals surface area (Å²) >= 11 is 0. The van der Waals surface area contributed by atoms with Gasteiger partial charge in [0.2, 0.25) is 0 Å². The first-order valence-corrected chi connectivity index (χ1v) is 7.86.